The summed E-state index contributed by atoms with van der Waals surface area (Å²) < 4.78 is 17.2. The minimum Gasteiger partial charge on any atom is -0.487 e. The molecule has 0 spiro atoms. The first-order chi connectivity index (χ1) is 13.8. The fourth-order valence-corrected chi connectivity index (χ4v) is 3.27. The summed E-state index contributed by atoms with van der Waals surface area (Å²) in [7, 11) is 1.37. The Kier molecular flexibility index (Phi) is 6.18. The topological polar surface area (TPSA) is 57.7 Å². The zero-order valence-electron chi connectivity index (χ0n) is 17.6. The lowest BCUT2D eigenvalue weighted by Gasteiger charge is -2.28. The second kappa shape index (κ2) is 8.62. The summed E-state index contributed by atoms with van der Waals surface area (Å²) in [5.41, 5.74) is 2.59. The van der Waals surface area contributed by atoms with E-state index in [2.05, 4.69) is 0 Å². The summed E-state index contributed by atoms with van der Waals surface area (Å²) in [5, 5.41) is 0.970. The van der Waals surface area contributed by atoms with Gasteiger partial charge in [0.2, 0.25) is 0 Å². The monoisotopic (exact) mass is 393 g/mol. The van der Waals surface area contributed by atoms with Gasteiger partial charge in [-0.25, -0.2) is 9.78 Å². The summed E-state index contributed by atoms with van der Waals surface area (Å²) in [6, 6.07) is 17.4. The number of pyridine rings is 1. The van der Waals surface area contributed by atoms with Crippen LogP contribution in [0.4, 0.5) is 0 Å². The highest BCUT2D eigenvalue weighted by Crippen LogP contribution is 2.33. The van der Waals surface area contributed by atoms with E-state index in [9.17, 15) is 4.79 Å². The van der Waals surface area contributed by atoms with Crippen LogP contribution in [0.25, 0.3) is 10.9 Å². The summed E-state index contributed by atoms with van der Waals surface area (Å²) >= 11 is 0. The second-order valence-electron chi connectivity index (χ2n) is 7.85. The lowest BCUT2D eigenvalue weighted by atomic mass is 9.96. The summed E-state index contributed by atoms with van der Waals surface area (Å²) in [5.74, 6) is 0.276. The number of nitrogens with zero attached hydrogens (tertiary/aromatic N) is 1. The van der Waals surface area contributed by atoms with E-state index in [-0.39, 0.29) is 6.61 Å². The number of aromatic nitrogens is 1. The van der Waals surface area contributed by atoms with Crippen molar-refractivity contribution in [3.63, 3.8) is 0 Å². The van der Waals surface area contributed by atoms with Gasteiger partial charge >= 0.3 is 5.97 Å². The van der Waals surface area contributed by atoms with Crippen LogP contribution in [0.2, 0.25) is 0 Å². The van der Waals surface area contributed by atoms with Crippen LogP contribution in [0.15, 0.2) is 54.6 Å². The minimum atomic E-state index is -0.897. The number of fused-ring (bicyclic) bond motifs is 1. The minimum absolute atomic E-state index is 0.214. The fraction of sp³-hybridized carbons (Fsp3) is 0.333. The molecule has 0 saturated heterocycles. The third-order valence-electron chi connectivity index (χ3n) is 4.55. The van der Waals surface area contributed by atoms with E-state index in [0.29, 0.717) is 11.3 Å². The maximum Gasteiger partial charge on any atom is 0.339 e. The molecule has 152 valence electrons. The van der Waals surface area contributed by atoms with Crippen LogP contribution in [-0.4, -0.2) is 23.7 Å². The van der Waals surface area contributed by atoms with Crippen LogP contribution in [0.1, 0.15) is 43.7 Å². The van der Waals surface area contributed by atoms with Crippen molar-refractivity contribution in [1.29, 1.82) is 0 Å². The lowest BCUT2D eigenvalue weighted by Crippen LogP contribution is -2.30. The summed E-state index contributed by atoms with van der Waals surface area (Å²) in [6.07, 6.45) is -0.897. The number of rotatable bonds is 6. The Morgan fingerprint density at radius 1 is 1.03 bits per heavy atom. The van der Waals surface area contributed by atoms with Crippen molar-refractivity contribution in [2.75, 3.05) is 7.11 Å². The number of hydrogen-bond acceptors (Lipinski definition) is 5. The summed E-state index contributed by atoms with van der Waals surface area (Å²) in [6.45, 7) is 7.92. The molecule has 1 aromatic heterocycles. The quantitative estimate of drug-likeness (QED) is 0.542. The van der Waals surface area contributed by atoms with E-state index < -0.39 is 17.7 Å². The SMILES string of the molecule is COC(=O)[C@@H](OC(C)(C)C)c1c(COc2ccccc2)nc2ccccc2c1C. The number of benzene rings is 2. The van der Waals surface area contributed by atoms with Crippen LogP contribution in [-0.2, 0) is 20.9 Å². The Morgan fingerprint density at radius 2 is 1.69 bits per heavy atom. The average molecular weight is 393 g/mol. The van der Waals surface area contributed by atoms with Gasteiger partial charge in [0.05, 0.1) is 23.9 Å². The van der Waals surface area contributed by atoms with E-state index >= 15 is 0 Å². The van der Waals surface area contributed by atoms with Crippen molar-refractivity contribution in [2.24, 2.45) is 0 Å². The van der Waals surface area contributed by atoms with Gasteiger partial charge in [-0.1, -0.05) is 36.4 Å². The van der Waals surface area contributed by atoms with Gasteiger partial charge in [-0.3, -0.25) is 0 Å². The first kappa shape index (κ1) is 20.8. The third-order valence-corrected chi connectivity index (χ3v) is 4.55. The normalized spacial score (nSPS) is 12.6. The van der Waals surface area contributed by atoms with Gasteiger partial charge in [-0.2, -0.15) is 0 Å². The van der Waals surface area contributed by atoms with Crippen molar-refractivity contribution < 1.29 is 19.0 Å². The van der Waals surface area contributed by atoms with Crippen molar-refractivity contribution >= 4 is 16.9 Å². The Hall–Kier alpha value is -2.92. The number of methoxy groups -OCH3 is 1. The number of ether oxygens (including phenoxy) is 3. The van der Waals surface area contributed by atoms with Crippen molar-refractivity contribution in [1.82, 2.24) is 4.98 Å². The number of hydrogen-bond donors (Lipinski definition) is 0. The zero-order valence-corrected chi connectivity index (χ0v) is 17.6. The van der Waals surface area contributed by atoms with E-state index in [1.54, 1.807) is 0 Å². The first-order valence-corrected chi connectivity index (χ1v) is 9.62. The molecule has 0 unspecified atom stereocenters. The molecule has 0 aliphatic heterocycles. The summed E-state index contributed by atoms with van der Waals surface area (Å²) in [4.78, 5) is 17.5. The molecule has 0 bridgehead atoms. The lowest BCUT2D eigenvalue weighted by molar-refractivity contribution is -0.164. The number of aryl methyl sites for hydroxylation is 1. The molecular weight excluding hydrogens is 366 g/mol. The van der Waals surface area contributed by atoms with Crippen LogP contribution < -0.4 is 4.74 Å². The number of carbonyl (C=O) groups is 1. The highest BCUT2D eigenvalue weighted by Gasteiger charge is 2.32. The van der Waals surface area contributed by atoms with Gasteiger partial charge in [0, 0.05) is 10.9 Å². The van der Waals surface area contributed by atoms with E-state index in [0.717, 1.165) is 22.2 Å². The molecule has 0 fully saturated rings. The number of para-hydroxylation sites is 2. The molecule has 0 aliphatic rings. The molecule has 2 aromatic carbocycles. The smallest absolute Gasteiger partial charge is 0.339 e. The highest BCUT2D eigenvalue weighted by atomic mass is 16.6. The first-order valence-electron chi connectivity index (χ1n) is 9.62. The Labute approximate surface area is 171 Å². The molecule has 3 rings (SSSR count). The molecular formula is C24H27NO4. The molecule has 1 heterocycles. The van der Waals surface area contributed by atoms with E-state index in [1.807, 2.05) is 82.3 Å². The van der Waals surface area contributed by atoms with Crippen LogP contribution in [0.5, 0.6) is 5.75 Å². The third kappa shape index (κ3) is 4.93. The predicted octanol–water partition coefficient (Wildman–Crippen LogP) is 5.15. The Bertz CT molecular complexity index is 993. The Morgan fingerprint density at radius 3 is 2.34 bits per heavy atom. The van der Waals surface area contributed by atoms with Gasteiger partial charge < -0.3 is 14.2 Å². The van der Waals surface area contributed by atoms with E-state index in [1.165, 1.54) is 7.11 Å². The molecule has 0 radical (unpaired) electrons. The second-order valence-corrected chi connectivity index (χ2v) is 7.85. The standard InChI is InChI=1S/C24H27NO4/c1-16-18-13-9-10-14-19(18)25-20(15-28-17-11-7-6-8-12-17)21(16)22(23(26)27-5)29-24(2,3)4/h6-14,22H,15H2,1-5H3/t22-/m0/s1. The van der Waals surface area contributed by atoms with Crippen molar-refractivity contribution in [3.8, 4) is 5.75 Å². The molecule has 29 heavy (non-hydrogen) atoms. The van der Waals surface area contributed by atoms with Gasteiger partial charge in [-0.15, -0.1) is 0 Å². The van der Waals surface area contributed by atoms with Gasteiger partial charge in [0.25, 0.3) is 0 Å². The van der Waals surface area contributed by atoms with Crippen LogP contribution >= 0.6 is 0 Å². The van der Waals surface area contributed by atoms with Gasteiger partial charge in [0.1, 0.15) is 12.4 Å². The average Bonchev–Trinajstić information content (AvgIpc) is 2.70. The van der Waals surface area contributed by atoms with Crippen molar-refractivity contribution in [2.45, 2.75) is 46.0 Å². The van der Waals surface area contributed by atoms with E-state index in [4.69, 9.17) is 19.2 Å². The molecule has 0 amide bonds. The molecule has 0 N–H and O–H groups in total. The highest BCUT2D eigenvalue weighted by molar-refractivity contribution is 5.86. The van der Waals surface area contributed by atoms with Crippen LogP contribution in [0.3, 0.4) is 0 Å². The largest absolute Gasteiger partial charge is 0.487 e. The van der Waals surface area contributed by atoms with Gasteiger partial charge in [-0.05, 0) is 51.5 Å². The fourth-order valence-electron chi connectivity index (χ4n) is 3.27. The zero-order chi connectivity index (χ0) is 21.0. The molecule has 5 nitrogen and oxygen atoms in total. The molecule has 3 aromatic rings. The molecule has 1 atom stereocenters. The maximum absolute atomic E-state index is 12.7. The molecule has 0 aliphatic carbocycles. The molecule has 0 saturated carbocycles. The molecule has 5 heteroatoms. The predicted molar refractivity (Wildman–Crippen MR) is 113 cm³/mol. The maximum atomic E-state index is 12.7. The Balaban J connectivity index is 2.13. The van der Waals surface area contributed by atoms with Crippen LogP contribution in [0, 0.1) is 6.92 Å². The number of esters is 1. The number of carbonyl (C=O) groups excluding carboxylic acids is 1. The van der Waals surface area contributed by atoms with Gasteiger partial charge in [0.15, 0.2) is 6.10 Å². The van der Waals surface area contributed by atoms with Crippen molar-refractivity contribution in [3.05, 3.63) is 71.4 Å².